The number of hydrogen-bond acceptors (Lipinski definition) is 3. The summed E-state index contributed by atoms with van der Waals surface area (Å²) in [6, 6.07) is 72.9. The van der Waals surface area contributed by atoms with Gasteiger partial charge in [0.05, 0.1) is 5.41 Å². The van der Waals surface area contributed by atoms with Crippen LogP contribution in [0, 0.1) is 0 Å². The Bertz CT molecular complexity index is 3710. The van der Waals surface area contributed by atoms with Crippen molar-refractivity contribution in [3.63, 3.8) is 0 Å². The van der Waals surface area contributed by atoms with Crippen molar-refractivity contribution in [1.82, 2.24) is 15.0 Å². The number of aromatic nitrogens is 3. The minimum absolute atomic E-state index is 0.411. The first-order chi connectivity index (χ1) is 33.1. The molecule has 67 heavy (non-hydrogen) atoms. The van der Waals surface area contributed by atoms with E-state index < -0.39 is 5.41 Å². The van der Waals surface area contributed by atoms with Gasteiger partial charge in [0.15, 0.2) is 17.5 Å². The molecule has 0 saturated heterocycles. The third-order valence-electron chi connectivity index (χ3n) is 14.5. The molecule has 1 unspecified atom stereocenters. The molecule has 13 rings (SSSR count). The van der Waals surface area contributed by atoms with Crippen LogP contribution in [0.25, 0.3) is 95.0 Å². The molecular weight excluding hydrogens is 811 g/mol. The molecule has 0 aliphatic heterocycles. The fourth-order valence-electron chi connectivity index (χ4n) is 11.7. The maximum Gasteiger partial charge on any atom is 0.164 e. The molecule has 1 atom stereocenters. The number of allylic oxidation sites excluding steroid dienone is 4. The summed E-state index contributed by atoms with van der Waals surface area (Å²) in [5, 5.41) is 2.25. The second-order valence-electron chi connectivity index (χ2n) is 17.9. The highest BCUT2D eigenvalue weighted by molar-refractivity contribution is 6.09. The number of fused-ring (bicyclic) bond motifs is 11. The van der Waals surface area contributed by atoms with Crippen LogP contribution in [-0.4, -0.2) is 15.0 Å². The van der Waals surface area contributed by atoms with E-state index in [0.717, 1.165) is 40.3 Å². The summed E-state index contributed by atoms with van der Waals surface area (Å²) in [6.07, 6.45) is 6.69. The van der Waals surface area contributed by atoms with Gasteiger partial charge in [-0.05, 0) is 126 Å². The van der Waals surface area contributed by atoms with Gasteiger partial charge in [-0.15, -0.1) is 0 Å². The van der Waals surface area contributed by atoms with Gasteiger partial charge in [-0.1, -0.05) is 213 Å². The Balaban J connectivity index is 0.966. The van der Waals surface area contributed by atoms with Gasteiger partial charge in [-0.3, -0.25) is 0 Å². The first kappa shape index (κ1) is 39.1. The zero-order valence-corrected chi connectivity index (χ0v) is 37.5. The van der Waals surface area contributed by atoms with E-state index in [1.54, 1.807) is 0 Å². The Morgan fingerprint density at radius 3 is 1.70 bits per heavy atom. The quantitative estimate of drug-likeness (QED) is 0.167. The fourth-order valence-corrected chi connectivity index (χ4v) is 11.7. The highest BCUT2D eigenvalue weighted by atomic mass is 15.0. The first-order valence-electron chi connectivity index (χ1n) is 23.5. The van der Waals surface area contributed by atoms with E-state index >= 15 is 0 Å². The number of hydrogen-bond donors (Lipinski definition) is 0. The molecule has 9 aromatic carbocycles. The molecule has 316 valence electrons. The number of nitrogens with zero attached hydrogens (tertiary/aromatic N) is 3. The lowest BCUT2D eigenvalue weighted by molar-refractivity contribution is 0.789. The number of rotatable bonds is 6. The summed E-state index contributed by atoms with van der Waals surface area (Å²) in [5.74, 6) is 1.93. The SMILES string of the molecule is C/C=C1\C(=C/CC)C2(c3ccccc31)c1ccccc1-c1c(-c3ccc(-c4nc(-c5ccccc5)nc(-c5ccc(-c6cccc7c6-c6ccccc6C7)cc5)n4)c4ccccc34)cccc12. The van der Waals surface area contributed by atoms with E-state index in [4.69, 9.17) is 15.0 Å². The van der Waals surface area contributed by atoms with E-state index in [1.807, 2.05) is 18.2 Å². The van der Waals surface area contributed by atoms with E-state index in [9.17, 15) is 0 Å². The van der Waals surface area contributed by atoms with Crippen molar-refractivity contribution in [3.05, 3.63) is 251 Å². The van der Waals surface area contributed by atoms with Gasteiger partial charge in [0.25, 0.3) is 0 Å². The second kappa shape index (κ2) is 15.4. The Labute approximate surface area is 391 Å². The Kier molecular flexibility index (Phi) is 9.01. The monoisotopic (exact) mass is 855 g/mol. The lowest BCUT2D eigenvalue weighted by Crippen LogP contribution is -2.26. The molecule has 3 aliphatic rings. The molecule has 0 amide bonds. The summed E-state index contributed by atoms with van der Waals surface area (Å²) in [7, 11) is 0. The van der Waals surface area contributed by atoms with Crippen molar-refractivity contribution in [1.29, 1.82) is 0 Å². The Morgan fingerprint density at radius 1 is 0.403 bits per heavy atom. The van der Waals surface area contributed by atoms with Gasteiger partial charge in [-0.25, -0.2) is 15.0 Å². The van der Waals surface area contributed by atoms with Crippen LogP contribution in [0.5, 0.6) is 0 Å². The van der Waals surface area contributed by atoms with Crippen molar-refractivity contribution < 1.29 is 0 Å². The number of benzene rings is 9. The predicted octanol–water partition coefficient (Wildman–Crippen LogP) is 16.0. The Morgan fingerprint density at radius 2 is 0.940 bits per heavy atom. The van der Waals surface area contributed by atoms with Crippen molar-refractivity contribution in [2.75, 3.05) is 0 Å². The van der Waals surface area contributed by atoms with Gasteiger partial charge in [0.2, 0.25) is 0 Å². The molecule has 1 aromatic heterocycles. The zero-order valence-electron chi connectivity index (χ0n) is 37.5. The molecule has 0 radical (unpaired) electrons. The van der Waals surface area contributed by atoms with Crippen LogP contribution in [0.4, 0.5) is 0 Å². The third kappa shape index (κ3) is 5.81. The standard InChI is InChI=1S/C64H45N3/c1-3-18-55-45(4-2)51-26-12-14-30-56(51)64(55)57-31-15-13-27-54(57)60-52(29-17-32-58(60)64)50-37-38-53(49-25-11-10-24-48(49)50)63-66-61(41-19-6-5-7-20-41)65-62(67-63)42-35-33-40(34-36-42)46-28-16-22-44-39-43-21-8-9-23-47(43)59(44)46/h4-38H,3,39H2,1-2H3/b45-4-,55-18+. The smallest absolute Gasteiger partial charge is 0.164 e. The van der Waals surface area contributed by atoms with Crippen LogP contribution in [-0.2, 0) is 11.8 Å². The van der Waals surface area contributed by atoms with Gasteiger partial charge in [-0.2, -0.15) is 0 Å². The molecule has 0 N–H and O–H groups in total. The fraction of sp³-hybridized carbons (Fsp3) is 0.0781. The Hall–Kier alpha value is -8.27. The molecule has 10 aromatic rings. The third-order valence-corrected chi connectivity index (χ3v) is 14.5. The van der Waals surface area contributed by atoms with E-state index in [-0.39, 0.29) is 0 Å². The zero-order chi connectivity index (χ0) is 44.6. The molecule has 0 saturated carbocycles. The maximum atomic E-state index is 5.31. The lowest BCUT2D eigenvalue weighted by atomic mass is 9.70. The molecule has 3 heteroatoms. The summed E-state index contributed by atoms with van der Waals surface area (Å²) < 4.78 is 0. The van der Waals surface area contributed by atoms with Crippen LogP contribution in [0.3, 0.4) is 0 Å². The van der Waals surface area contributed by atoms with Crippen LogP contribution in [0.2, 0.25) is 0 Å². The summed E-state index contributed by atoms with van der Waals surface area (Å²) >= 11 is 0. The highest BCUT2D eigenvalue weighted by Crippen LogP contribution is 2.65. The van der Waals surface area contributed by atoms with E-state index in [1.165, 1.54) is 89.0 Å². The van der Waals surface area contributed by atoms with Crippen LogP contribution in [0.1, 0.15) is 53.6 Å². The minimum atomic E-state index is -0.411. The van der Waals surface area contributed by atoms with Crippen molar-refractivity contribution in [2.24, 2.45) is 0 Å². The summed E-state index contributed by atoms with van der Waals surface area (Å²) in [6.45, 7) is 4.44. The first-order valence-corrected chi connectivity index (χ1v) is 23.5. The lowest BCUT2D eigenvalue weighted by Gasteiger charge is -2.31. The molecule has 1 spiro atoms. The normalized spacial score (nSPS) is 16.3. The predicted molar refractivity (Wildman–Crippen MR) is 277 cm³/mol. The average Bonchev–Trinajstić information content (AvgIpc) is 4.02. The van der Waals surface area contributed by atoms with E-state index in [0.29, 0.717) is 17.5 Å². The second-order valence-corrected chi connectivity index (χ2v) is 17.9. The molecule has 3 nitrogen and oxygen atoms in total. The van der Waals surface area contributed by atoms with Gasteiger partial charge >= 0.3 is 0 Å². The van der Waals surface area contributed by atoms with Gasteiger partial charge in [0, 0.05) is 16.7 Å². The topological polar surface area (TPSA) is 38.7 Å². The van der Waals surface area contributed by atoms with Crippen molar-refractivity contribution >= 4 is 16.3 Å². The average molecular weight is 856 g/mol. The largest absolute Gasteiger partial charge is 0.208 e. The van der Waals surface area contributed by atoms with Crippen LogP contribution in [0.15, 0.2) is 218 Å². The molecule has 3 aliphatic carbocycles. The van der Waals surface area contributed by atoms with Crippen molar-refractivity contribution in [3.8, 4) is 78.7 Å². The molecule has 1 heterocycles. The molecular formula is C64H45N3. The highest BCUT2D eigenvalue weighted by Gasteiger charge is 2.53. The summed E-state index contributed by atoms with van der Waals surface area (Å²) in [5.41, 5.74) is 23.4. The van der Waals surface area contributed by atoms with Crippen molar-refractivity contribution in [2.45, 2.75) is 32.1 Å². The molecule has 0 fully saturated rings. The molecule has 0 bridgehead atoms. The maximum absolute atomic E-state index is 5.31. The van der Waals surface area contributed by atoms with E-state index in [2.05, 4.69) is 208 Å². The van der Waals surface area contributed by atoms with Crippen LogP contribution >= 0.6 is 0 Å². The van der Waals surface area contributed by atoms with Crippen LogP contribution < -0.4 is 0 Å². The van der Waals surface area contributed by atoms with Gasteiger partial charge < -0.3 is 0 Å². The summed E-state index contributed by atoms with van der Waals surface area (Å²) in [4.78, 5) is 15.7. The van der Waals surface area contributed by atoms with Gasteiger partial charge in [0.1, 0.15) is 0 Å². The minimum Gasteiger partial charge on any atom is -0.208 e.